The van der Waals surface area contributed by atoms with E-state index in [2.05, 4.69) is 11.4 Å². The summed E-state index contributed by atoms with van der Waals surface area (Å²) < 4.78 is 0. The summed E-state index contributed by atoms with van der Waals surface area (Å²) >= 11 is 1.66. The smallest absolute Gasteiger partial charge is 0.221 e. The highest BCUT2D eigenvalue weighted by atomic mass is 32.2. The molecule has 0 aliphatic carbocycles. The van der Waals surface area contributed by atoms with Crippen molar-refractivity contribution in [1.29, 1.82) is 5.26 Å². The van der Waals surface area contributed by atoms with Gasteiger partial charge in [0.1, 0.15) is 0 Å². The second-order valence-electron chi connectivity index (χ2n) is 4.58. The molecule has 0 saturated heterocycles. The molecule has 0 spiro atoms. The predicted octanol–water partition coefficient (Wildman–Crippen LogP) is 4.39. The molecule has 0 aromatic heterocycles. The molecule has 0 bridgehead atoms. The number of nitrogens with one attached hydrogen (secondary N) is 1. The van der Waals surface area contributed by atoms with E-state index >= 15 is 0 Å². The average molecular weight is 296 g/mol. The van der Waals surface area contributed by atoms with Crippen molar-refractivity contribution in [3.63, 3.8) is 0 Å². The zero-order valence-corrected chi connectivity index (χ0v) is 12.6. The van der Waals surface area contributed by atoms with E-state index in [0.29, 0.717) is 6.42 Å². The molecule has 0 saturated carbocycles. The molecule has 0 aliphatic rings. The molecule has 4 heteroatoms. The Labute approximate surface area is 129 Å². The van der Waals surface area contributed by atoms with Gasteiger partial charge in [-0.3, -0.25) is 4.79 Å². The number of hydrogen-bond acceptors (Lipinski definition) is 3. The van der Waals surface area contributed by atoms with Gasteiger partial charge in [-0.15, -0.1) is 11.8 Å². The molecule has 2 rings (SSSR count). The lowest BCUT2D eigenvalue weighted by atomic mass is 10.1. The van der Waals surface area contributed by atoms with Gasteiger partial charge in [-0.1, -0.05) is 30.3 Å². The van der Waals surface area contributed by atoms with Crippen molar-refractivity contribution in [3.8, 4) is 6.07 Å². The molecule has 0 aliphatic heterocycles. The van der Waals surface area contributed by atoms with Crippen LogP contribution >= 0.6 is 11.8 Å². The van der Waals surface area contributed by atoms with Gasteiger partial charge in [-0.2, -0.15) is 5.26 Å². The summed E-state index contributed by atoms with van der Waals surface area (Å²) in [5, 5.41) is 11.9. The Kier molecular flexibility index (Phi) is 5.42. The number of rotatable bonds is 5. The van der Waals surface area contributed by atoms with Gasteiger partial charge in [-0.25, -0.2) is 0 Å². The Morgan fingerprint density at radius 2 is 1.86 bits per heavy atom. The van der Waals surface area contributed by atoms with Crippen molar-refractivity contribution in [1.82, 2.24) is 0 Å². The van der Waals surface area contributed by atoms with E-state index in [1.807, 2.05) is 54.6 Å². The topological polar surface area (TPSA) is 52.9 Å². The lowest BCUT2D eigenvalue weighted by Gasteiger charge is -2.14. The number of nitrogens with zero attached hydrogens (tertiary/aromatic N) is 1. The Hall–Kier alpha value is -2.25. The highest BCUT2D eigenvalue weighted by Gasteiger charge is 2.12. The lowest BCUT2D eigenvalue weighted by molar-refractivity contribution is -0.114. The van der Waals surface area contributed by atoms with Crippen LogP contribution in [0.15, 0.2) is 59.5 Å². The van der Waals surface area contributed by atoms with Crippen molar-refractivity contribution >= 4 is 23.4 Å². The van der Waals surface area contributed by atoms with E-state index in [1.165, 1.54) is 6.92 Å². The number of carbonyl (C=O) groups is 1. The minimum absolute atomic E-state index is 0.0814. The first-order valence-corrected chi connectivity index (χ1v) is 7.53. The maximum atomic E-state index is 11.0. The second kappa shape index (κ2) is 7.51. The maximum Gasteiger partial charge on any atom is 0.221 e. The van der Waals surface area contributed by atoms with Crippen LogP contribution in [-0.2, 0) is 4.79 Å². The molecule has 1 N–H and O–H groups in total. The molecule has 2 aromatic carbocycles. The Morgan fingerprint density at radius 3 is 2.43 bits per heavy atom. The minimum atomic E-state index is -0.0814. The first-order chi connectivity index (χ1) is 10.2. The molecule has 0 heterocycles. The Bertz CT molecular complexity index is 632. The summed E-state index contributed by atoms with van der Waals surface area (Å²) in [7, 11) is 0. The van der Waals surface area contributed by atoms with E-state index in [0.717, 1.165) is 16.1 Å². The van der Waals surface area contributed by atoms with Crippen molar-refractivity contribution in [3.05, 3.63) is 60.2 Å². The molecule has 2 aromatic rings. The summed E-state index contributed by atoms with van der Waals surface area (Å²) in [6.45, 7) is 1.49. The molecule has 21 heavy (non-hydrogen) atoms. The number of anilines is 1. The predicted molar refractivity (Wildman–Crippen MR) is 86.0 cm³/mol. The fourth-order valence-electron chi connectivity index (χ4n) is 1.96. The fourth-order valence-corrected chi connectivity index (χ4v) is 3.04. The fraction of sp³-hybridized carbons (Fsp3) is 0.176. The third kappa shape index (κ3) is 4.66. The van der Waals surface area contributed by atoms with Crippen molar-refractivity contribution in [2.75, 3.05) is 5.32 Å². The van der Waals surface area contributed by atoms with Crippen LogP contribution in [0.25, 0.3) is 0 Å². The summed E-state index contributed by atoms with van der Waals surface area (Å²) in [5.74, 6) is -0.0814. The average Bonchev–Trinajstić information content (AvgIpc) is 2.49. The molecule has 0 fully saturated rings. The first-order valence-electron chi connectivity index (χ1n) is 6.65. The van der Waals surface area contributed by atoms with Gasteiger partial charge in [-0.05, 0) is 29.8 Å². The number of benzene rings is 2. The van der Waals surface area contributed by atoms with Crippen LogP contribution in [0.4, 0.5) is 5.69 Å². The van der Waals surface area contributed by atoms with Crippen LogP contribution in [0.3, 0.4) is 0 Å². The molecule has 0 radical (unpaired) electrons. The maximum absolute atomic E-state index is 11.0. The number of hydrogen-bond donors (Lipinski definition) is 1. The molecule has 3 nitrogen and oxygen atoms in total. The van der Waals surface area contributed by atoms with Gasteiger partial charge in [0, 0.05) is 22.8 Å². The second-order valence-corrected chi connectivity index (χ2v) is 5.86. The van der Waals surface area contributed by atoms with Gasteiger partial charge in [0.15, 0.2) is 0 Å². The van der Waals surface area contributed by atoms with Crippen molar-refractivity contribution in [2.24, 2.45) is 0 Å². The third-order valence-corrected chi connectivity index (χ3v) is 4.17. The van der Waals surface area contributed by atoms with Crippen LogP contribution < -0.4 is 5.32 Å². The normalized spacial score (nSPS) is 11.4. The van der Waals surface area contributed by atoms with E-state index in [9.17, 15) is 4.79 Å². The van der Waals surface area contributed by atoms with Crippen molar-refractivity contribution in [2.45, 2.75) is 23.5 Å². The number of nitriles is 1. The molecular weight excluding hydrogens is 280 g/mol. The van der Waals surface area contributed by atoms with E-state index in [-0.39, 0.29) is 11.2 Å². The highest BCUT2D eigenvalue weighted by Crippen LogP contribution is 2.37. The zero-order valence-electron chi connectivity index (χ0n) is 11.7. The molecule has 106 valence electrons. The van der Waals surface area contributed by atoms with E-state index < -0.39 is 0 Å². The quantitative estimate of drug-likeness (QED) is 0.832. The monoisotopic (exact) mass is 296 g/mol. The molecule has 1 atom stereocenters. The minimum Gasteiger partial charge on any atom is -0.326 e. The highest BCUT2D eigenvalue weighted by molar-refractivity contribution is 7.99. The van der Waals surface area contributed by atoms with Gasteiger partial charge in [0.25, 0.3) is 0 Å². The van der Waals surface area contributed by atoms with Crippen LogP contribution in [0.5, 0.6) is 0 Å². The molecule has 1 unspecified atom stereocenters. The first kappa shape index (κ1) is 15.1. The third-order valence-electron chi connectivity index (χ3n) is 2.90. The number of amides is 1. The zero-order chi connectivity index (χ0) is 15.1. The molecule has 1 amide bonds. The van der Waals surface area contributed by atoms with Crippen molar-refractivity contribution < 1.29 is 4.79 Å². The largest absolute Gasteiger partial charge is 0.326 e. The molecular formula is C17H16N2OS. The Morgan fingerprint density at radius 1 is 1.19 bits per heavy atom. The van der Waals surface area contributed by atoms with E-state index in [4.69, 9.17) is 5.26 Å². The summed E-state index contributed by atoms with van der Waals surface area (Å²) in [6, 6.07) is 19.9. The van der Waals surface area contributed by atoms with Gasteiger partial charge >= 0.3 is 0 Å². The van der Waals surface area contributed by atoms with Gasteiger partial charge < -0.3 is 5.32 Å². The van der Waals surface area contributed by atoms with Crippen LogP contribution in [0, 0.1) is 11.3 Å². The number of carbonyl (C=O) groups excluding carboxylic acids is 1. The summed E-state index contributed by atoms with van der Waals surface area (Å²) in [6.07, 6.45) is 0.460. The lowest BCUT2D eigenvalue weighted by Crippen LogP contribution is -2.05. The SMILES string of the molecule is CC(=O)Nc1ccc(SC(CC#N)c2ccccc2)cc1. The Balaban J connectivity index is 2.10. The summed E-state index contributed by atoms with van der Waals surface area (Å²) in [4.78, 5) is 12.1. The van der Waals surface area contributed by atoms with Crippen LogP contribution in [-0.4, -0.2) is 5.91 Å². The van der Waals surface area contributed by atoms with E-state index in [1.54, 1.807) is 11.8 Å². The van der Waals surface area contributed by atoms with Gasteiger partial charge in [0.05, 0.1) is 12.5 Å². The van der Waals surface area contributed by atoms with Crippen LogP contribution in [0.2, 0.25) is 0 Å². The standard InChI is InChI=1S/C17H16N2OS/c1-13(20)19-15-7-9-16(10-8-15)21-17(11-12-18)14-5-3-2-4-6-14/h2-10,17H,11H2,1H3,(H,19,20). The number of thioether (sulfide) groups is 1. The van der Waals surface area contributed by atoms with Gasteiger partial charge in [0.2, 0.25) is 5.91 Å². The summed E-state index contributed by atoms with van der Waals surface area (Å²) in [5.41, 5.74) is 1.93. The van der Waals surface area contributed by atoms with Crippen LogP contribution in [0.1, 0.15) is 24.2 Å².